The summed E-state index contributed by atoms with van der Waals surface area (Å²) in [6.45, 7) is 8.13. The molecule has 1 amide bonds. The smallest absolute Gasteiger partial charge is 0.497 e. The zero-order valence-corrected chi connectivity index (χ0v) is 23.4. The van der Waals surface area contributed by atoms with Crippen molar-refractivity contribution in [3.05, 3.63) is 59.4 Å². The first kappa shape index (κ1) is 24.7. The Labute approximate surface area is 225 Å². The normalized spacial score (nSPS) is 10.9. The molecule has 0 fully saturated rings. The van der Waals surface area contributed by atoms with Gasteiger partial charge in [0.2, 0.25) is 0 Å². The monoisotopic (exact) mass is 478 g/mol. The molecule has 8 heteroatoms. The number of rotatable bonds is 5. The molecule has 3 rings (SSSR count). The summed E-state index contributed by atoms with van der Waals surface area (Å²) >= 11 is 0. The van der Waals surface area contributed by atoms with Gasteiger partial charge in [-0.3, -0.25) is 4.79 Å². The van der Waals surface area contributed by atoms with E-state index in [1.165, 1.54) is 0 Å². The largest absolute Gasteiger partial charge is 1.00 e. The molecule has 1 heterocycles. The summed E-state index contributed by atoms with van der Waals surface area (Å²) in [5.74, 6) is 0.894. The van der Waals surface area contributed by atoms with Crippen molar-refractivity contribution >= 4 is 11.6 Å². The minimum atomic E-state index is -0.349. The summed E-state index contributed by atoms with van der Waals surface area (Å²) < 4.78 is 12.3. The Morgan fingerprint density at radius 2 is 1.87 bits per heavy atom. The van der Waals surface area contributed by atoms with Crippen LogP contribution in [0.2, 0.25) is 0 Å². The molecule has 0 unspecified atom stereocenters. The summed E-state index contributed by atoms with van der Waals surface area (Å²) in [5, 5.41) is 11.1. The first-order valence-electron chi connectivity index (χ1n) is 9.23. The second kappa shape index (κ2) is 10.2. The van der Waals surface area contributed by atoms with Crippen molar-refractivity contribution in [3.8, 4) is 17.2 Å². The van der Waals surface area contributed by atoms with Crippen LogP contribution in [0.4, 0.5) is 5.69 Å². The minimum Gasteiger partial charge on any atom is -0.497 e. The van der Waals surface area contributed by atoms with Crippen LogP contribution in [0.3, 0.4) is 0 Å². The van der Waals surface area contributed by atoms with Gasteiger partial charge in [0.05, 0.1) is 19.9 Å². The average molecular weight is 479 g/mol. The number of methoxy groups -OCH3 is 2. The number of aromatic nitrogens is 3. The van der Waals surface area contributed by atoms with E-state index in [1.807, 2.05) is 12.1 Å². The molecule has 0 saturated carbocycles. The number of carbonyl (C=O) groups is 1. The van der Waals surface area contributed by atoms with E-state index in [9.17, 15) is 4.79 Å². The van der Waals surface area contributed by atoms with Crippen LogP contribution in [0.25, 0.3) is 5.69 Å². The van der Waals surface area contributed by atoms with Crippen molar-refractivity contribution in [1.82, 2.24) is 15.0 Å². The SMILES string of the molecule is COc1ccc(OC)c(-n2nnc(C(=O)Nc3[c-]ccc(C(C)(C)C)c3)c2C)c1.[Rb+]. The maximum absolute atomic E-state index is 12.8. The van der Waals surface area contributed by atoms with Crippen LogP contribution in [-0.2, 0) is 5.41 Å². The number of anilines is 1. The molecule has 152 valence electrons. The van der Waals surface area contributed by atoms with Crippen LogP contribution >= 0.6 is 0 Å². The fourth-order valence-corrected chi connectivity index (χ4v) is 2.92. The van der Waals surface area contributed by atoms with Gasteiger partial charge in [0.1, 0.15) is 17.2 Å². The van der Waals surface area contributed by atoms with Gasteiger partial charge in [0.15, 0.2) is 5.69 Å². The van der Waals surface area contributed by atoms with E-state index in [-0.39, 0.29) is 75.2 Å². The van der Waals surface area contributed by atoms with Gasteiger partial charge in [-0.05, 0) is 24.5 Å². The molecule has 0 saturated heterocycles. The van der Waals surface area contributed by atoms with Gasteiger partial charge in [0.25, 0.3) is 5.91 Å². The fourth-order valence-electron chi connectivity index (χ4n) is 2.92. The Balaban J connectivity index is 0.00000320. The number of hydrogen-bond donors (Lipinski definition) is 1. The number of nitrogens with one attached hydrogen (secondary N) is 1. The second-order valence-corrected chi connectivity index (χ2v) is 7.67. The second-order valence-electron chi connectivity index (χ2n) is 7.67. The summed E-state index contributed by atoms with van der Waals surface area (Å²) in [6.07, 6.45) is 0. The molecule has 0 spiro atoms. The molecule has 3 aromatic rings. The number of carbonyl (C=O) groups excluding carboxylic acids is 1. The van der Waals surface area contributed by atoms with E-state index >= 15 is 0 Å². The van der Waals surface area contributed by atoms with E-state index < -0.39 is 0 Å². The molecule has 2 aromatic carbocycles. The first-order chi connectivity index (χ1) is 13.7. The summed E-state index contributed by atoms with van der Waals surface area (Å²) in [6, 6.07) is 14.1. The zero-order valence-electron chi connectivity index (χ0n) is 18.5. The molecule has 0 bridgehead atoms. The predicted molar refractivity (Wildman–Crippen MR) is 111 cm³/mol. The Morgan fingerprint density at radius 3 is 2.50 bits per heavy atom. The van der Waals surface area contributed by atoms with Crippen LogP contribution < -0.4 is 73.0 Å². The van der Waals surface area contributed by atoms with Gasteiger partial charge in [0, 0.05) is 6.07 Å². The van der Waals surface area contributed by atoms with Gasteiger partial charge in [-0.25, -0.2) is 4.68 Å². The first-order valence-corrected chi connectivity index (χ1v) is 9.23. The topological polar surface area (TPSA) is 78.3 Å². The van der Waals surface area contributed by atoms with Crippen molar-refractivity contribution in [2.75, 3.05) is 19.5 Å². The number of hydrogen-bond acceptors (Lipinski definition) is 5. The van der Waals surface area contributed by atoms with Gasteiger partial charge in [-0.1, -0.05) is 31.7 Å². The molecule has 0 aliphatic carbocycles. The van der Waals surface area contributed by atoms with Crippen LogP contribution in [0.15, 0.2) is 36.4 Å². The maximum Gasteiger partial charge on any atom is 1.00 e. The quantitative estimate of drug-likeness (QED) is 0.552. The third-order valence-electron chi connectivity index (χ3n) is 4.64. The molecule has 1 N–H and O–H groups in total. The Bertz CT molecular complexity index is 1040. The molecule has 1 aromatic heterocycles. The molecule has 0 aliphatic heterocycles. The molecule has 0 radical (unpaired) electrons. The molecular weight excluding hydrogens is 454 g/mol. The van der Waals surface area contributed by atoms with Crippen molar-refractivity contribution in [1.29, 1.82) is 0 Å². The van der Waals surface area contributed by atoms with Gasteiger partial charge >= 0.3 is 58.2 Å². The fraction of sp³-hybridized carbons (Fsp3) is 0.318. The zero-order chi connectivity index (χ0) is 21.2. The van der Waals surface area contributed by atoms with E-state index in [0.717, 1.165) is 5.56 Å². The summed E-state index contributed by atoms with van der Waals surface area (Å²) in [5.41, 5.74) is 3.11. The third kappa shape index (κ3) is 5.38. The molecule has 30 heavy (non-hydrogen) atoms. The van der Waals surface area contributed by atoms with Crippen LogP contribution in [0, 0.1) is 13.0 Å². The molecule has 0 atom stereocenters. The molecule has 0 aliphatic rings. The number of nitrogens with zero attached hydrogens (tertiary/aromatic N) is 3. The Morgan fingerprint density at radius 1 is 1.13 bits per heavy atom. The number of benzene rings is 2. The van der Waals surface area contributed by atoms with Gasteiger partial charge < -0.3 is 14.8 Å². The average Bonchev–Trinajstić information content (AvgIpc) is 3.08. The standard InChI is InChI=1S/C22H25N4O3.Rb/c1-14-20(21(27)23-16-9-7-8-15(12-16)22(2,3)4)24-25-26(14)18-13-17(28-5)10-11-19(18)29-6;/h7-8,10-13H,1-6H3,(H,23,27);/q-1;+1. The maximum atomic E-state index is 12.8. The number of ether oxygens (including phenoxy) is 2. The van der Waals surface area contributed by atoms with Crippen molar-refractivity contribution in [2.24, 2.45) is 0 Å². The Kier molecular flexibility index (Phi) is 8.39. The summed E-state index contributed by atoms with van der Waals surface area (Å²) in [7, 11) is 3.16. The van der Waals surface area contributed by atoms with Crippen molar-refractivity contribution in [2.45, 2.75) is 33.1 Å². The molecule has 7 nitrogen and oxygen atoms in total. The van der Waals surface area contributed by atoms with Crippen molar-refractivity contribution in [3.63, 3.8) is 0 Å². The Hall–Kier alpha value is -1.54. The van der Waals surface area contributed by atoms with E-state index in [2.05, 4.69) is 42.5 Å². The van der Waals surface area contributed by atoms with Gasteiger partial charge in [-0.2, -0.15) is 23.8 Å². The third-order valence-corrected chi connectivity index (χ3v) is 4.64. The minimum absolute atomic E-state index is 0. The predicted octanol–water partition coefficient (Wildman–Crippen LogP) is 0.947. The molecular formula is C22H25N4O3Rb. The van der Waals surface area contributed by atoms with Crippen LogP contribution in [0.5, 0.6) is 11.5 Å². The van der Waals surface area contributed by atoms with Crippen LogP contribution in [-0.4, -0.2) is 35.1 Å². The van der Waals surface area contributed by atoms with Gasteiger partial charge in [-0.15, -0.1) is 11.2 Å². The van der Waals surface area contributed by atoms with E-state index in [0.29, 0.717) is 28.6 Å². The van der Waals surface area contributed by atoms with E-state index in [4.69, 9.17) is 9.47 Å². The van der Waals surface area contributed by atoms with Crippen LogP contribution in [0.1, 0.15) is 42.5 Å². The van der Waals surface area contributed by atoms with Crippen molar-refractivity contribution < 1.29 is 72.5 Å². The number of amides is 1. The van der Waals surface area contributed by atoms with E-state index in [1.54, 1.807) is 50.1 Å². The summed E-state index contributed by atoms with van der Waals surface area (Å²) in [4.78, 5) is 12.8.